The molecule has 1 unspecified atom stereocenters. The van der Waals surface area contributed by atoms with Gasteiger partial charge in [0.05, 0.1) is 19.4 Å². The van der Waals surface area contributed by atoms with E-state index in [0.29, 0.717) is 64.7 Å². The Morgan fingerprint density at radius 2 is 1.11 bits per heavy atom. The lowest BCUT2D eigenvalue weighted by atomic mass is 9.60. The lowest BCUT2D eigenvalue weighted by Crippen LogP contribution is -2.54. The highest BCUT2D eigenvalue weighted by Crippen LogP contribution is 2.47. The number of nitrogens with zero attached hydrogens (tertiary/aromatic N) is 2. The number of hydrogen-bond acceptors (Lipinski definition) is 10. The second kappa shape index (κ2) is 14.0. The Morgan fingerprint density at radius 3 is 1.53 bits per heavy atom. The topological polar surface area (TPSA) is 154 Å². The molecule has 2 aliphatic heterocycles. The third kappa shape index (κ3) is 9.84. The maximum absolute atomic E-state index is 12.4. The standard InChI is InChI=1S/C18H27NO6.C15H23NO4/c1-5-24-15(22)14-13(21)10-12(20)11-18(14)6-8-19(9-7-18)16(23)25-17(2,3)4;1-14(2,3)20-13(19)16-6-4-15(5-7-16)9-11(17)8-12(18)10-15/h14H,5-11H2,1-4H3;4-10H2,1-3H3. The molecule has 2 heterocycles. The van der Waals surface area contributed by atoms with E-state index in [4.69, 9.17) is 14.2 Å². The van der Waals surface area contributed by atoms with Gasteiger partial charge in [-0.25, -0.2) is 9.59 Å². The van der Waals surface area contributed by atoms with Gasteiger partial charge >= 0.3 is 18.2 Å². The fraction of sp³-hybridized carbons (Fsp3) is 0.788. The number of ketones is 4. The van der Waals surface area contributed by atoms with Crippen molar-refractivity contribution in [3.8, 4) is 0 Å². The summed E-state index contributed by atoms with van der Waals surface area (Å²) in [6.07, 6.45) is 2.57. The number of rotatable bonds is 2. The second-order valence-corrected chi connectivity index (χ2v) is 14.9. The number of Topliss-reactive ketones (excluding diaryl/α,β-unsaturated/α-hetero) is 4. The maximum atomic E-state index is 12.4. The minimum absolute atomic E-state index is 0.0481. The van der Waals surface area contributed by atoms with Gasteiger partial charge in [0.2, 0.25) is 0 Å². The summed E-state index contributed by atoms with van der Waals surface area (Å²) in [7, 11) is 0. The highest BCUT2D eigenvalue weighted by molar-refractivity contribution is 6.11. The third-order valence-corrected chi connectivity index (χ3v) is 8.80. The molecule has 0 aromatic heterocycles. The molecule has 2 spiro atoms. The summed E-state index contributed by atoms with van der Waals surface area (Å²) in [4.78, 5) is 87.4. The van der Waals surface area contributed by atoms with Crippen LogP contribution in [0.3, 0.4) is 0 Å². The zero-order valence-corrected chi connectivity index (χ0v) is 28.0. The number of ether oxygens (including phenoxy) is 3. The van der Waals surface area contributed by atoms with Gasteiger partial charge in [0, 0.05) is 50.9 Å². The Hall–Kier alpha value is -3.31. The molecule has 0 radical (unpaired) electrons. The SMILES string of the molecule is CC(C)(C)OC(=O)N1CCC2(CC1)CC(=O)CC(=O)C2.CCOC(=O)C1C(=O)CC(=O)CC12CCN(C(=O)OC(C)(C)C)CC2. The van der Waals surface area contributed by atoms with Crippen LogP contribution in [0.1, 0.15) is 106 Å². The van der Waals surface area contributed by atoms with Gasteiger partial charge in [-0.2, -0.15) is 0 Å². The molecule has 0 aromatic rings. The largest absolute Gasteiger partial charge is 0.465 e. The second-order valence-electron chi connectivity index (χ2n) is 14.9. The Bertz CT molecular complexity index is 1160. The van der Waals surface area contributed by atoms with Crippen LogP contribution < -0.4 is 0 Å². The third-order valence-electron chi connectivity index (χ3n) is 8.80. The van der Waals surface area contributed by atoms with Crippen molar-refractivity contribution in [1.82, 2.24) is 9.80 Å². The Morgan fingerprint density at radius 1 is 0.689 bits per heavy atom. The summed E-state index contributed by atoms with van der Waals surface area (Å²) in [5.41, 5.74) is -2.03. The van der Waals surface area contributed by atoms with E-state index in [-0.39, 0.29) is 60.5 Å². The summed E-state index contributed by atoms with van der Waals surface area (Å²) < 4.78 is 15.8. The summed E-state index contributed by atoms with van der Waals surface area (Å²) in [6, 6.07) is 0. The fourth-order valence-corrected chi connectivity index (χ4v) is 6.82. The molecular weight excluding hydrogens is 584 g/mol. The van der Waals surface area contributed by atoms with Crippen LogP contribution in [0.2, 0.25) is 0 Å². The number of piperidine rings is 2. The van der Waals surface area contributed by atoms with Crippen LogP contribution in [-0.4, -0.2) is 95.1 Å². The van der Waals surface area contributed by atoms with Crippen LogP contribution in [0, 0.1) is 16.7 Å². The van der Waals surface area contributed by atoms with Crippen LogP contribution in [0.25, 0.3) is 0 Å². The molecule has 0 bridgehead atoms. The molecular formula is C33H50N2O10. The fourth-order valence-electron chi connectivity index (χ4n) is 6.82. The number of hydrogen-bond donors (Lipinski definition) is 0. The molecule has 0 N–H and O–H groups in total. The van der Waals surface area contributed by atoms with Gasteiger partial charge in [0.1, 0.15) is 34.5 Å². The van der Waals surface area contributed by atoms with Crippen molar-refractivity contribution in [3.05, 3.63) is 0 Å². The summed E-state index contributed by atoms with van der Waals surface area (Å²) in [5.74, 6) is -1.87. The van der Waals surface area contributed by atoms with Crippen molar-refractivity contribution in [3.63, 3.8) is 0 Å². The van der Waals surface area contributed by atoms with Crippen LogP contribution in [-0.2, 0) is 38.2 Å². The predicted molar refractivity (Wildman–Crippen MR) is 162 cm³/mol. The first-order valence-corrected chi connectivity index (χ1v) is 16.0. The van der Waals surface area contributed by atoms with Crippen molar-refractivity contribution in [2.45, 2.75) is 117 Å². The molecule has 12 nitrogen and oxygen atoms in total. The maximum Gasteiger partial charge on any atom is 0.410 e. The highest BCUT2D eigenvalue weighted by atomic mass is 16.6. The van der Waals surface area contributed by atoms with E-state index in [1.165, 1.54) is 0 Å². The molecule has 252 valence electrons. The summed E-state index contributed by atoms with van der Waals surface area (Å²) in [5, 5.41) is 0. The zero-order valence-electron chi connectivity index (χ0n) is 28.0. The quantitative estimate of drug-likeness (QED) is 0.242. The van der Waals surface area contributed by atoms with E-state index in [0.717, 1.165) is 0 Å². The lowest BCUT2D eigenvalue weighted by molar-refractivity contribution is -0.163. The van der Waals surface area contributed by atoms with Crippen molar-refractivity contribution in [2.24, 2.45) is 16.7 Å². The molecule has 4 fully saturated rings. The Balaban J connectivity index is 0.000000251. The Kier molecular flexibility index (Phi) is 11.2. The minimum atomic E-state index is -0.911. The summed E-state index contributed by atoms with van der Waals surface area (Å²) in [6.45, 7) is 14.6. The van der Waals surface area contributed by atoms with Crippen LogP contribution in [0.15, 0.2) is 0 Å². The van der Waals surface area contributed by atoms with Crippen molar-refractivity contribution in [1.29, 1.82) is 0 Å². The van der Waals surface area contributed by atoms with Crippen LogP contribution in [0.4, 0.5) is 9.59 Å². The first-order chi connectivity index (χ1) is 20.8. The number of esters is 1. The average Bonchev–Trinajstić information content (AvgIpc) is 2.87. The minimum Gasteiger partial charge on any atom is -0.465 e. The van der Waals surface area contributed by atoms with Crippen LogP contribution >= 0.6 is 0 Å². The molecule has 2 aliphatic carbocycles. The number of likely N-dealkylation sites (tertiary alicyclic amines) is 2. The molecule has 0 aromatic carbocycles. The molecule has 45 heavy (non-hydrogen) atoms. The van der Waals surface area contributed by atoms with Crippen molar-refractivity contribution < 1.29 is 47.8 Å². The van der Waals surface area contributed by atoms with Gasteiger partial charge in [0.25, 0.3) is 0 Å². The summed E-state index contributed by atoms with van der Waals surface area (Å²) >= 11 is 0. The zero-order chi connectivity index (χ0) is 33.8. The number of carbonyl (C=O) groups excluding carboxylic acids is 7. The molecule has 2 saturated heterocycles. The van der Waals surface area contributed by atoms with Gasteiger partial charge in [-0.3, -0.25) is 24.0 Å². The van der Waals surface area contributed by atoms with E-state index in [1.54, 1.807) is 37.5 Å². The van der Waals surface area contributed by atoms with Crippen LogP contribution in [0.5, 0.6) is 0 Å². The molecule has 2 saturated carbocycles. The van der Waals surface area contributed by atoms with E-state index in [9.17, 15) is 33.6 Å². The smallest absolute Gasteiger partial charge is 0.410 e. The van der Waals surface area contributed by atoms with E-state index < -0.39 is 34.6 Å². The highest BCUT2D eigenvalue weighted by Gasteiger charge is 2.54. The van der Waals surface area contributed by atoms with E-state index in [2.05, 4.69) is 0 Å². The molecule has 12 heteroatoms. The van der Waals surface area contributed by atoms with Gasteiger partial charge in [-0.15, -0.1) is 0 Å². The Labute approximate surface area is 265 Å². The van der Waals surface area contributed by atoms with E-state index in [1.807, 2.05) is 20.8 Å². The predicted octanol–water partition coefficient (Wildman–Crippen LogP) is 4.44. The first-order valence-electron chi connectivity index (χ1n) is 16.0. The van der Waals surface area contributed by atoms with Crippen molar-refractivity contribution >= 4 is 41.3 Å². The lowest BCUT2D eigenvalue weighted by Gasteiger charge is -2.46. The van der Waals surface area contributed by atoms with Gasteiger partial charge in [0.15, 0.2) is 5.78 Å². The number of carbonyl (C=O) groups is 7. The normalized spacial score (nSPS) is 23.3. The monoisotopic (exact) mass is 634 g/mol. The molecule has 1 atom stereocenters. The van der Waals surface area contributed by atoms with E-state index >= 15 is 0 Å². The number of amides is 2. The van der Waals surface area contributed by atoms with Gasteiger partial charge in [-0.1, -0.05) is 0 Å². The average molecular weight is 635 g/mol. The molecule has 4 rings (SSSR count). The van der Waals surface area contributed by atoms with Gasteiger partial charge < -0.3 is 24.0 Å². The molecule has 4 aliphatic rings. The van der Waals surface area contributed by atoms with Crippen molar-refractivity contribution in [2.75, 3.05) is 32.8 Å². The molecule has 2 amide bonds. The van der Waals surface area contributed by atoms with Gasteiger partial charge in [-0.05, 0) is 79.6 Å². The first kappa shape index (κ1) is 36.2.